The highest BCUT2D eigenvalue weighted by Gasteiger charge is 2.26. The molecular formula is C24H23N7O2. The molecule has 9 heteroatoms. The predicted octanol–water partition coefficient (Wildman–Crippen LogP) is 3.05. The van der Waals surface area contributed by atoms with Crippen molar-refractivity contribution in [3.63, 3.8) is 0 Å². The number of amides is 2. The third-order valence-corrected chi connectivity index (χ3v) is 5.96. The first-order valence-electron chi connectivity index (χ1n) is 10.9. The van der Waals surface area contributed by atoms with Crippen molar-refractivity contribution in [3.05, 3.63) is 60.9 Å². The Morgan fingerprint density at radius 1 is 0.909 bits per heavy atom. The molecule has 1 N–H and O–H groups in total. The average molecular weight is 441 g/mol. The number of likely N-dealkylation sites (tertiary alicyclic amines) is 1. The number of rotatable bonds is 4. The molecule has 0 bridgehead atoms. The highest BCUT2D eigenvalue weighted by atomic mass is 16.2. The normalized spacial score (nSPS) is 14.4. The number of hydrogen-bond acceptors (Lipinski definition) is 6. The number of nitrogens with zero attached hydrogens (tertiary/aromatic N) is 6. The van der Waals surface area contributed by atoms with Gasteiger partial charge in [-0.3, -0.25) is 14.6 Å². The fourth-order valence-corrected chi connectivity index (χ4v) is 4.05. The minimum Gasteiger partial charge on any atom is -0.343 e. The van der Waals surface area contributed by atoms with Crippen molar-refractivity contribution >= 4 is 23.1 Å². The fraction of sp³-hybridized carbons (Fsp3) is 0.250. The summed E-state index contributed by atoms with van der Waals surface area (Å²) in [6, 6.07) is 15.1. The molecule has 1 saturated heterocycles. The van der Waals surface area contributed by atoms with E-state index in [4.69, 9.17) is 5.10 Å². The second-order valence-electron chi connectivity index (χ2n) is 8.10. The Morgan fingerprint density at radius 2 is 1.64 bits per heavy atom. The predicted molar refractivity (Wildman–Crippen MR) is 123 cm³/mol. The van der Waals surface area contributed by atoms with E-state index in [1.54, 1.807) is 28.7 Å². The summed E-state index contributed by atoms with van der Waals surface area (Å²) >= 11 is 0. The van der Waals surface area contributed by atoms with Gasteiger partial charge in [-0.05, 0) is 49.2 Å². The number of carbonyl (C=O) groups excluding carboxylic acids is 2. The van der Waals surface area contributed by atoms with Gasteiger partial charge in [0.1, 0.15) is 0 Å². The van der Waals surface area contributed by atoms with Crippen LogP contribution in [-0.4, -0.2) is 54.6 Å². The van der Waals surface area contributed by atoms with Crippen LogP contribution in [0.15, 0.2) is 60.9 Å². The van der Waals surface area contributed by atoms with Gasteiger partial charge in [-0.2, -0.15) is 9.61 Å². The lowest BCUT2D eigenvalue weighted by Crippen LogP contribution is -2.40. The van der Waals surface area contributed by atoms with E-state index >= 15 is 0 Å². The third-order valence-electron chi connectivity index (χ3n) is 5.96. The highest BCUT2D eigenvalue weighted by Crippen LogP contribution is 2.24. The smallest absolute Gasteiger partial charge is 0.227 e. The molecule has 0 spiro atoms. The van der Waals surface area contributed by atoms with E-state index in [-0.39, 0.29) is 17.7 Å². The molecule has 0 aliphatic carbocycles. The van der Waals surface area contributed by atoms with Gasteiger partial charge < -0.3 is 10.2 Å². The number of aromatic nitrogens is 5. The Labute approximate surface area is 190 Å². The van der Waals surface area contributed by atoms with E-state index in [2.05, 4.69) is 20.5 Å². The first kappa shape index (κ1) is 20.7. The van der Waals surface area contributed by atoms with Crippen molar-refractivity contribution in [3.8, 4) is 22.6 Å². The van der Waals surface area contributed by atoms with Gasteiger partial charge in [-0.1, -0.05) is 12.1 Å². The summed E-state index contributed by atoms with van der Waals surface area (Å²) in [6.07, 6.45) is 4.79. The molecule has 3 aromatic heterocycles. The zero-order valence-electron chi connectivity index (χ0n) is 18.2. The zero-order valence-corrected chi connectivity index (χ0v) is 18.2. The first-order chi connectivity index (χ1) is 16.1. The van der Waals surface area contributed by atoms with Crippen LogP contribution in [0.5, 0.6) is 0 Å². The number of benzene rings is 1. The summed E-state index contributed by atoms with van der Waals surface area (Å²) in [5, 5.41) is 16.2. The van der Waals surface area contributed by atoms with Gasteiger partial charge in [-0.25, -0.2) is 0 Å². The zero-order chi connectivity index (χ0) is 22.8. The van der Waals surface area contributed by atoms with Gasteiger partial charge in [0, 0.05) is 55.1 Å². The van der Waals surface area contributed by atoms with E-state index in [0.29, 0.717) is 37.4 Å². The molecule has 2 amide bonds. The van der Waals surface area contributed by atoms with E-state index < -0.39 is 0 Å². The van der Waals surface area contributed by atoms with Gasteiger partial charge in [0.15, 0.2) is 11.5 Å². The molecule has 0 radical (unpaired) electrons. The summed E-state index contributed by atoms with van der Waals surface area (Å²) in [5.41, 5.74) is 3.96. The number of anilines is 1. The molecule has 5 rings (SSSR count). The van der Waals surface area contributed by atoms with Gasteiger partial charge in [0.25, 0.3) is 0 Å². The Kier molecular flexibility index (Phi) is 5.52. The Bertz CT molecular complexity index is 1290. The number of hydrogen-bond donors (Lipinski definition) is 1. The number of piperidine rings is 1. The topological polar surface area (TPSA) is 105 Å². The molecular weight excluding hydrogens is 418 g/mol. The van der Waals surface area contributed by atoms with E-state index in [9.17, 15) is 9.59 Å². The fourth-order valence-electron chi connectivity index (χ4n) is 4.05. The SMILES string of the molecule is CC(=O)N1CCC(C(=O)Nc2ccc(-c3ccc4nnc(-c5ccncc5)n4n3)cc2)CC1. The lowest BCUT2D eigenvalue weighted by atomic mass is 9.95. The number of fused-ring (bicyclic) bond motifs is 1. The van der Waals surface area contributed by atoms with Crippen LogP contribution in [0.3, 0.4) is 0 Å². The molecule has 1 fully saturated rings. The molecule has 33 heavy (non-hydrogen) atoms. The van der Waals surface area contributed by atoms with E-state index in [1.807, 2.05) is 48.5 Å². The van der Waals surface area contributed by atoms with Crippen LogP contribution in [-0.2, 0) is 9.59 Å². The van der Waals surface area contributed by atoms with Gasteiger partial charge in [0.05, 0.1) is 5.69 Å². The quantitative estimate of drug-likeness (QED) is 0.522. The lowest BCUT2D eigenvalue weighted by Gasteiger charge is -2.30. The maximum absolute atomic E-state index is 12.6. The summed E-state index contributed by atoms with van der Waals surface area (Å²) in [4.78, 5) is 29.9. The molecule has 9 nitrogen and oxygen atoms in total. The van der Waals surface area contributed by atoms with Gasteiger partial charge in [-0.15, -0.1) is 10.2 Å². The number of carbonyl (C=O) groups is 2. The lowest BCUT2D eigenvalue weighted by molar-refractivity contribution is -0.132. The molecule has 1 aliphatic rings. The van der Waals surface area contributed by atoms with Crippen LogP contribution in [0.2, 0.25) is 0 Å². The van der Waals surface area contributed by atoms with Gasteiger partial charge in [0.2, 0.25) is 11.8 Å². The van der Waals surface area contributed by atoms with Crippen molar-refractivity contribution in [2.45, 2.75) is 19.8 Å². The average Bonchev–Trinajstić information content (AvgIpc) is 3.28. The largest absolute Gasteiger partial charge is 0.343 e. The number of pyridine rings is 1. The molecule has 1 aliphatic heterocycles. The Balaban J connectivity index is 1.30. The van der Waals surface area contributed by atoms with Gasteiger partial charge >= 0.3 is 0 Å². The van der Waals surface area contributed by atoms with Crippen molar-refractivity contribution < 1.29 is 9.59 Å². The maximum Gasteiger partial charge on any atom is 0.227 e. The maximum atomic E-state index is 12.6. The van der Waals surface area contributed by atoms with Crippen molar-refractivity contribution in [2.75, 3.05) is 18.4 Å². The molecule has 0 unspecified atom stereocenters. The second kappa shape index (κ2) is 8.78. The van der Waals surface area contributed by atoms with E-state index in [0.717, 1.165) is 22.5 Å². The molecule has 1 aromatic carbocycles. The summed E-state index contributed by atoms with van der Waals surface area (Å²) < 4.78 is 1.72. The highest BCUT2D eigenvalue weighted by molar-refractivity contribution is 5.93. The van der Waals surface area contributed by atoms with Crippen molar-refractivity contribution in [1.82, 2.24) is 29.7 Å². The molecule has 4 aromatic rings. The molecule has 166 valence electrons. The van der Waals surface area contributed by atoms with Crippen LogP contribution in [0, 0.1) is 5.92 Å². The molecule has 0 atom stereocenters. The van der Waals surface area contributed by atoms with Crippen LogP contribution < -0.4 is 5.32 Å². The summed E-state index contributed by atoms with van der Waals surface area (Å²) in [6.45, 7) is 2.83. The van der Waals surface area contributed by atoms with Crippen molar-refractivity contribution in [2.24, 2.45) is 5.92 Å². The third kappa shape index (κ3) is 4.30. The van der Waals surface area contributed by atoms with E-state index in [1.165, 1.54) is 0 Å². The monoisotopic (exact) mass is 441 g/mol. The number of nitrogens with one attached hydrogen (secondary N) is 1. The Hall–Kier alpha value is -4.14. The molecule has 4 heterocycles. The standard InChI is InChI=1S/C24H23N7O2/c1-16(32)30-14-10-19(11-15-30)24(33)26-20-4-2-17(3-5-20)21-6-7-22-27-28-23(31(22)29-21)18-8-12-25-13-9-18/h2-9,12-13,19H,10-11,14-15H2,1H3,(H,26,33). The van der Waals surface area contributed by atoms with Crippen LogP contribution in [0.1, 0.15) is 19.8 Å². The van der Waals surface area contributed by atoms with Crippen LogP contribution in [0.4, 0.5) is 5.69 Å². The van der Waals surface area contributed by atoms with Crippen LogP contribution >= 0.6 is 0 Å². The first-order valence-corrected chi connectivity index (χ1v) is 10.9. The summed E-state index contributed by atoms with van der Waals surface area (Å²) in [5.74, 6) is 0.631. The Morgan fingerprint density at radius 3 is 2.33 bits per heavy atom. The minimum absolute atomic E-state index is 0.00280. The van der Waals surface area contributed by atoms with Crippen LogP contribution in [0.25, 0.3) is 28.3 Å². The van der Waals surface area contributed by atoms with Crippen molar-refractivity contribution in [1.29, 1.82) is 0 Å². The molecule has 0 saturated carbocycles. The summed E-state index contributed by atoms with van der Waals surface area (Å²) in [7, 11) is 0. The minimum atomic E-state index is -0.0790. The second-order valence-corrected chi connectivity index (χ2v) is 8.10.